The van der Waals surface area contributed by atoms with Crippen molar-refractivity contribution in [1.29, 1.82) is 0 Å². The fraction of sp³-hybridized carbons (Fsp3) is 0.273. The van der Waals surface area contributed by atoms with Crippen molar-refractivity contribution in [3.05, 3.63) is 34.3 Å². The van der Waals surface area contributed by atoms with E-state index in [4.69, 9.17) is 0 Å². The molecule has 0 fully saturated rings. The summed E-state index contributed by atoms with van der Waals surface area (Å²) in [4.78, 5) is 12.1. The lowest BCUT2D eigenvalue weighted by molar-refractivity contribution is -0.297. The molecule has 1 aromatic carbocycles. The van der Waals surface area contributed by atoms with Gasteiger partial charge in [0.1, 0.15) is 0 Å². The van der Waals surface area contributed by atoms with Gasteiger partial charge in [0.25, 0.3) is 11.6 Å². The van der Waals surface area contributed by atoms with Crippen LogP contribution >= 0.6 is 15.9 Å². The molecule has 1 amide bonds. The maximum Gasteiger partial charge on any atom is 0.438 e. The molecule has 1 atom stereocenters. The first-order valence-corrected chi connectivity index (χ1v) is 5.97. The van der Waals surface area contributed by atoms with Gasteiger partial charge in [0.2, 0.25) is 0 Å². The van der Waals surface area contributed by atoms with Crippen LogP contribution in [-0.4, -0.2) is 34.1 Å². The van der Waals surface area contributed by atoms with E-state index < -0.39 is 24.2 Å². The van der Waals surface area contributed by atoms with Gasteiger partial charge in [-0.3, -0.25) is 4.79 Å². The molecule has 0 bridgehead atoms. The summed E-state index contributed by atoms with van der Waals surface area (Å²) >= 11 is 3.07. The van der Waals surface area contributed by atoms with Crippen LogP contribution in [0.2, 0.25) is 0 Å². The lowest BCUT2D eigenvalue weighted by Gasteiger charge is -2.32. The van der Waals surface area contributed by atoms with E-state index in [1.807, 2.05) is 0 Å². The van der Waals surface area contributed by atoms with Crippen molar-refractivity contribution in [1.82, 2.24) is 5.01 Å². The fourth-order valence-corrected chi connectivity index (χ4v) is 2.09. The van der Waals surface area contributed by atoms with Gasteiger partial charge in [0.05, 0.1) is 5.56 Å². The van der Waals surface area contributed by atoms with Crippen molar-refractivity contribution >= 4 is 28.1 Å². The molecule has 1 N–H and O–H groups in total. The van der Waals surface area contributed by atoms with Crippen LogP contribution in [0, 0.1) is 0 Å². The van der Waals surface area contributed by atoms with Gasteiger partial charge in [-0.2, -0.15) is 23.3 Å². The summed E-state index contributed by atoms with van der Waals surface area (Å²) in [6.45, 7) is 0. The molecule has 0 saturated heterocycles. The molecule has 0 radical (unpaired) electrons. The minimum atomic E-state index is -4.99. The highest BCUT2D eigenvalue weighted by molar-refractivity contribution is 9.10. The van der Waals surface area contributed by atoms with Crippen LogP contribution in [-0.2, 0) is 0 Å². The Kier molecular flexibility index (Phi) is 3.40. The van der Waals surface area contributed by atoms with Crippen molar-refractivity contribution in [3.8, 4) is 0 Å². The zero-order chi connectivity index (χ0) is 14.3. The Morgan fingerprint density at radius 3 is 2.63 bits per heavy atom. The molecule has 2 rings (SSSR count). The lowest BCUT2D eigenvalue weighted by atomic mass is 10.1. The normalized spacial score (nSPS) is 22.9. The Morgan fingerprint density at radius 2 is 2.05 bits per heavy atom. The summed E-state index contributed by atoms with van der Waals surface area (Å²) in [5, 5.41) is 13.1. The van der Waals surface area contributed by atoms with Gasteiger partial charge < -0.3 is 5.11 Å². The Morgan fingerprint density at radius 1 is 1.42 bits per heavy atom. The first-order chi connectivity index (χ1) is 8.77. The van der Waals surface area contributed by atoms with Crippen LogP contribution in [0.15, 0.2) is 33.8 Å². The molecule has 8 heteroatoms. The number of alkyl halides is 3. The van der Waals surface area contributed by atoms with Gasteiger partial charge >= 0.3 is 6.18 Å². The van der Waals surface area contributed by atoms with Crippen LogP contribution < -0.4 is 0 Å². The monoisotopic (exact) mass is 336 g/mol. The smallest absolute Gasteiger partial charge is 0.362 e. The molecule has 0 spiro atoms. The van der Waals surface area contributed by atoms with E-state index in [0.29, 0.717) is 4.47 Å². The molecule has 102 valence electrons. The van der Waals surface area contributed by atoms with Crippen LogP contribution in [0.25, 0.3) is 0 Å². The Balaban J connectivity index is 2.39. The number of carbonyl (C=O) groups excluding carboxylic acids is 1. The number of halogens is 4. The third-order valence-corrected chi connectivity index (χ3v) is 3.37. The zero-order valence-corrected chi connectivity index (χ0v) is 10.9. The largest absolute Gasteiger partial charge is 0.438 e. The first kappa shape index (κ1) is 14.0. The highest BCUT2D eigenvalue weighted by Crippen LogP contribution is 2.39. The number of nitrogens with zero attached hydrogens (tertiary/aromatic N) is 2. The minimum Gasteiger partial charge on any atom is -0.362 e. The Bertz CT molecular complexity index is 547. The quantitative estimate of drug-likeness (QED) is 0.856. The van der Waals surface area contributed by atoms with Crippen LogP contribution in [0.4, 0.5) is 13.2 Å². The number of hydrogen-bond acceptors (Lipinski definition) is 3. The van der Waals surface area contributed by atoms with E-state index in [2.05, 4.69) is 21.0 Å². The number of amides is 1. The van der Waals surface area contributed by atoms with E-state index in [1.54, 1.807) is 6.07 Å². The van der Waals surface area contributed by atoms with Crippen molar-refractivity contribution in [3.63, 3.8) is 0 Å². The van der Waals surface area contributed by atoms with Gasteiger partial charge in [-0.05, 0) is 28.1 Å². The van der Waals surface area contributed by atoms with E-state index >= 15 is 0 Å². The average Bonchev–Trinajstić information content (AvgIpc) is 2.72. The summed E-state index contributed by atoms with van der Waals surface area (Å²) in [5.74, 6) is -1.03. The molecule has 1 heterocycles. The number of benzene rings is 1. The molecule has 4 nitrogen and oxygen atoms in total. The maximum absolute atomic E-state index is 12.8. The van der Waals surface area contributed by atoms with Gasteiger partial charge in [0, 0.05) is 17.1 Å². The molecular weight excluding hydrogens is 329 g/mol. The molecule has 1 aliphatic rings. The number of aliphatic hydroxyl groups is 1. The van der Waals surface area contributed by atoms with Crippen LogP contribution in [0.5, 0.6) is 0 Å². The van der Waals surface area contributed by atoms with Gasteiger partial charge in [-0.15, -0.1) is 0 Å². The second kappa shape index (κ2) is 4.61. The van der Waals surface area contributed by atoms with E-state index in [0.717, 1.165) is 6.21 Å². The lowest BCUT2D eigenvalue weighted by Crippen LogP contribution is -2.56. The highest BCUT2D eigenvalue weighted by Gasteiger charge is 2.61. The van der Waals surface area contributed by atoms with Crippen molar-refractivity contribution in [2.24, 2.45) is 5.10 Å². The SMILES string of the molecule is O=C(c1ccccc1Br)N1N=CC[C@@]1(O)C(F)(F)F. The maximum atomic E-state index is 12.8. The van der Waals surface area contributed by atoms with Crippen LogP contribution in [0.3, 0.4) is 0 Å². The predicted octanol–water partition coefficient (Wildman–Crippen LogP) is 2.53. The molecule has 0 aliphatic carbocycles. The molecular formula is C11H8BrF3N2O2. The predicted molar refractivity (Wildman–Crippen MR) is 64.4 cm³/mol. The standard InChI is InChI=1S/C11H8BrF3N2O2/c12-8-4-2-1-3-7(8)9(18)17-10(19,5-6-16-17)11(13,14)15/h1-4,6,19H,5H2/t10-/m1/s1. The molecule has 0 unspecified atom stereocenters. The van der Waals surface area contributed by atoms with Gasteiger partial charge in [-0.25, -0.2) is 0 Å². The number of hydrogen-bond donors (Lipinski definition) is 1. The van der Waals surface area contributed by atoms with Crippen molar-refractivity contribution in [2.45, 2.75) is 18.3 Å². The molecule has 1 aliphatic heterocycles. The average molecular weight is 337 g/mol. The number of rotatable bonds is 1. The van der Waals surface area contributed by atoms with E-state index in [1.165, 1.54) is 18.2 Å². The molecule has 1 aromatic rings. The number of carbonyl (C=O) groups is 1. The molecule has 19 heavy (non-hydrogen) atoms. The zero-order valence-electron chi connectivity index (χ0n) is 9.36. The summed E-state index contributed by atoms with van der Waals surface area (Å²) in [6.07, 6.45) is -4.91. The first-order valence-electron chi connectivity index (χ1n) is 5.18. The van der Waals surface area contributed by atoms with Crippen molar-refractivity contribution in [2.75, 3.05) is 0 Å². The highest BCUT2D eigenvalue weighted by atomic mass is 79.9. The van der Waals surface area contributed by atoms with E-state index in [-0.39, 0.29) is 10.6 Å². The summed E-state index contributed by atoms with van der Waals surface area (Å²) < 4.78 is 38.8. The molecule has 0 saturated carbocycles. The second-order valence-electron chi connectivity index (χ2n) is 3.91. The summed E-state index contributed by atoms with van der Waals surface area (Å²) in [7, 11) is 0. The Labute approximate surface area is 114 Å². The fourth-order valence-electron chi connectivity index (χ4n) is 1.64. The Hall–Kier alpha value is -1.41. The van der Waals surface area contributed by atoms with Crippen LogP contribution in [0.1, 0.15) is 16.8 Å². The summed E-state index contributed by atoms with van der Waals surface area (Å²) in [6, 6.07) is 5.98. The summed E-state index contributed by atoms with van der Waals surface area (Å²) in [5.41, 5.74) is -3.30. The molecule has 0 aromatic heterocycles. The van der Waals surface area contributed by atoms with Gasteiger partial charge in [0.15, 0.2) is 0 Å². The third kappa shape index (κ3) is 2.25. The third-order valence-electron chi connectivity index (χ3n) is 2.67. The topological polar surface area (TPSA) is 52.9 Å². The minimum absolute atomic E-state index is 0.00998. The number of hydrazone groups is 1. The van der Waals surface area contributed by atoms with Gasteiger partial charge in [-0.1, -0.05) is 12.1 Å². The van der Waals surface area contributed by atoms with E-state index in [9.17, 15) is 23.1 Å². The van der Waals surface area contributed by atoms with Crippen molar-refractivity contribution < 1.29 is 23.1 Å². The second-order valence-corrected chi connectivity index (χ2v) is 4.77.